The van der Waals surface area contributed by atoms with Crippen molar-refractivity contribution >= 4 is 11.6 Å². The second kappa shape index (κ2) is 7.06. The van der Waals surface area contributed by atoms with Crippen molar-refractivity contribution in [3.8, 4) is 0 Å². The van der Waals surface area contributed by atoms with E-state index in [9.17, 15) is 4.39 Å². The summed E-state index contributed by atoms with van der Waals surface area (Å²) in [6.45, 7) is 7.07. The van der Waals surface area contributed by atoms with Gasteiger partial charge >= 0.3 is 0 Å². The Morgan fingerprint density at radius 1 is 1.14 bits per heavy atom. The van der Waals surface area contributed by atoms with Crippen LogP contribution < -0.4 is 5.32 Å². The Morgan fingerprint density at radius 3 is 2.38 bits per heavy atom. The molecule has 1 unspecified atom stereocenters. The predicted molar refractivity (Wildman–Crippen MR) is 87.5 cm³/mol. The van der Waals surface area contributed by atoms with Crippen molar-refractivity contribution in [1.29, 1.82) is 0 Å². The topological polar surface area (TPSA) is 12.0 Å². The van der Waals surface area contributed by atoms with E-state index in [4.69, 9.17) is 11.6 Å². The van der Waals surface area contributed by atoms with Crippen molar-refractivity contribution in [2.45, 2.75) is 33.2 Å². The van der Waals surface area contributed by atoms with Gasteiger partial charge in [0.1, 0.15) is 5.82 Å². The van der Waals surface area contributed by atoms with Gasteiger partial charge < -0.3 is 5.32 Å². The second-order valence-electron chi connectivity index (χ2n) is 5.36. The summed E-state index contributed by atoms with van der Waals surface area (Å²) in [5, 5.41) is 3.88. The Morgan fingerprint density at radius 2 is 1.81 bits per heavy atom. The van der Waals surface area contributed by atoms with Crippen LogP contribution in [-0.4, -0.2) is 6.54 Å². The molecular weight excluding hydrogens is 285 g/mol. The summed E-state index contributed by atoms with van der Waals surface area (Å²) in [5.41, 5.74) is 4.12. The van der Waals surface area contributed by atoms with Crippen LogP contribution in [-0.2, 0) is 0 Å². The molecule has 1 atom stereocenters. The fourth-order valence-corrected chi connectivity index (χ4v) is 2.83. The Balaban J connectivity index is 2.52. The molecule has 0 saturated carbocycles. The smallest absolute Gasteiger partial charge is 0.129 e. The highest BCUT2D eigenvalue weighted by atomic mass is 35.5. The molecule has 21 heavy (non-hydrogen) atoms. The van der Waals surface area contributed by atoms with Crippen molar-refractivity contribution in [1.82, 2.24) is 5.32 Å². The summed E-state index contributed by atoms with van der Waals surface area (Å²) < 4.78 is 14.4. The normalized spacial score (nSPS) is 12.4. The third-order valence-electron chi connectivity index (χ3n) is 3.70. The molecule has 1 nitrogen and oxygen atoms in total. The summed E-state index contributed by atoms with van der Waals surface area (Å²) in [5.74, 6) is -0.265. The molecule has 0 amide bonds. The van der Waals surface area contributed by atoms with Gasteiger partial charge in [-0.25, -0.2) is 4.39 Å². The van der Waals surface area contributed by atoms with Gasteiger partial charge in [-0.15, -0.1) is 0 Å². The first-order chi connectivity index (χ1) is 10.0. The highest BCUT2D eigenvalue weighted by molar-refractivity contribution is 6.30. The van der Waals surface area contributed by atoms with Crippen LogP contribution in [0.1, 0.15) is 41.6 Å². The molecule has 3 heteroatoms. The Kier molecular flexibility index (Phi) is 5.38. The van der Waals surface area contributed by atoms with E-state index in [1.807, 2.05) is 6.07 Å². The minimum absolute atomic E-state index is 0.150. The molecule has 2 rings (SSSR count). The lowest BCUT2D eigenvalue weighted by atomic mass is 9.91. The number of aryl methyl sites for hydroxylation is 2. The van der Waals surface area contributed by atoms with Crippen LogP contribution in [0.15, 0.2) is 36.4 Å². The molecule has 0 spiro atoms. The van der Waals surface area contributed by atoms with Crippen LogP contribution in [0, 0.1) is 19.7 Å². The molecule has 0 aromatic heterocycles. The van der Waals surface area contributed by atoms with E-state index in [1.165, 1.54) is 6.07 Å². The molecule has 0 bridgehead atoms. The van der Waals surface area contributed by atoms with Crippen LogP contribution in [0.25, 0.3) is 0 Å². The largest absolute Gasteiger partial charge is 0.306 e. The standard InChI is InChI=1S/C18H21ClFN/c1-4-10-21-18(15-9-8-14(19)11-16(15)20)17-12(2)6-5-7-13(17)3/h5-9,11,18,21H,4,10H2,1-3H3. The van der Waals surface area contributed by atoms with E-state index >= 15 is 0 Å². The van der Waals surface area contributed by atoms with Gasteiger partial charge in [0.2, 0.25) is 0 Å². The molecule has 2 aromatic rings. The summed E-state index contributed by atoms with van der Waals surface area (Å²) in [4.78, 5) is 0. The SMILES string of the molecule is CCCNC(c1ccc(Cl)cc1F)c1c(C)cccc1C. The molecule has 0 aliphatic carbocycles. The maximum Gasteiger partial charge on any atom is 0.129 e. The van der Waals surface area contributed by atoms with Crippen LogP contribution in [0.3, 0.4) is 0 Å². The first-order valence-electron chi connectivity index (χ1n) is 7.29. The molecule has 0 aliphatic rings. The van der Waals surface area contributed by atoms with E-state index in [1.54, 1.807) is 12.1 Å². The zero-order chi connectivity index (χ0) is 15.4. The van der Waals surface area contributed by atoms with Gasteiger partial charge in [-0.1, -0.05) is 42.8 Å². The Hall–Kier alpha value is -1.38. The molecule has 0 heterocycles. The molecule has 0 saturated heterocycles. The van der Waals surface area contributed by atoms with Crippen molar-refractivity contribution in [2.24, 2.45) is 0 Å². The van der Waals surface area contributed by atoms with E-state index in [2.05, 4.69) is 38.2 Å². The zero-order valence-corrected chi connectivity index (χ0v) is 13.5. The summed E-state index contributed by atoms with van der Waals surface area (Å²) in [7, 11) is 0. The number of nitrogens with one attached hydrogen (secondary N) is 1. The lowest BCUT2D eigenvalue weighted by Crippen LogP contribution is -2.25. The van der Waals surface area contributed by atoms with E-state index < -0.39 is 0 Å². The number of rotatable bonds is 5. The average molecular weight is 306 g/mol. The van der Waals surface area contributed by atoms with Crippen LogP contribution in [0.2, 0.25) is 5.02 Å². The van der Waals surface area contributed by atoms with Crippen molar-refractivity contribution < 1.29 is 4.39 Å². The molecule has 112 valence electrons. The van der Waals surface area contributed by atoms with E-state index in [0.717, 1.165) is 29.7 Å². The number of hydrogen-bond acceptors (Lipinski definition) is 1. The zero-order valence-electron chi connectivity index (χ0n) is 12.7. The van der Waals surface area contributed by atoms with Gasteiger partial charge in [0.15, 0.2) is 0 Å². The fraction of sp³-hybridized carbons (Fsp3) is 0.333. The number of benzene rings is 2. The molecule has 0 aliphatic heterocycles. The minimum atomic E-state index is -0.265. The van der Waals surface area contributed by atoms with E-state index in [0.29, 0.717) is 10.6 Å². The first-order valence-corrected chi connectivity index (χ1v) is 7.66. The number of hydrogen-bond donors (Lipinski definition) is 1. The van der Waals surface area contributed by atoms with Gasteiger partial charge in [0.25, 0.3) is 0 Å². The molecule has 1 N–H and O–H groups in total. The quantitative estimate of drug-likeness (QED) is 0.802. The maximum absolute atomic E-state index is 14.4. The number of halogens is 2. The Labute approximate surface area is 131 Å². The van der Waals surface area contributed by atoms with Crippen molar-refractivity contribution in [3.63, 3.8) is 0 Å². The van der Waals surface area contributed by atoms with Gasteiger partial charge in [0, 0.05) is 10.6 Å². The van der Waals surface area contributed by atoms with Crippen LogP contribution in [0.4, 0.5) is 4.39 Å². The first kappa shape index (κ1) is 16.0. The molecule has 0 radical (unpaired) electrons. The third-order valence-corrected chi connectivity index (χ3v) is 3.94. The van der Waals surface area contributed by atoms with Gasteiger partial charge in [-0.05, 0) is 55.6 Å². The summed E-state index contributed by atoms with van der Waals surface area (Å²) >= 11 is 5.87. The van der Waals surface area contributed by atoms with Gasteiger partial charge in [0.05, 0.1) is 6.04 Å². The van der Waals surface area contributed by atoms with Gasteiger partial charge in [-0.2, -0.15) is 0 Å². The highest BCUT2D eigenvalue weighted by Gasteiger charge is 2.20. The Bertz CT molecular complexity index is 604. The highest BCUT2D eigenvalue weighted by Crippen LogP contribution is 2.30. The summed E-state index contributed by atoms with van der Waals surface area (Å²) in [6.07, 6.45) is 0.997. The minimum Gasteiger partial charge on any atom is -0.306 e. The second-order valence-corrected chi connectivity index (χ2v) is 5.79. The van der Waals surface area contributed by atoms with Crippen molar-refractivity contribution in [2.75, 3.05) is 6.54 Å². The molecule has 2 aromatic carbocycles. The molecular formula is C18H21ClFN. The lowest BCUT2D eigenvalue weighted by Gasteiger charge is -2.24. The molecule has 0 fully saturated rings. The fourth-order valence-electron chi connectivity index (χ4n) is 2.67. The third kappa shape index (κ3) is 3.63. The monoisotopic (exact) mass is 305 g/mol. The van der Waals surface area contributed by atoms with Crippen molar-refractivity contribution in [3.05, 3.63) is 69.5 Å². The van der Waals surface area contributed by atoms with Crippen LogP contribution in [0.5, 0.6) is 0 Å². The maximum atomic E-state index is 14.4. The lowest BCUT2D eigenvalue weighted by molar-refractivity contribution is 0.544. The average Bonchev–Trinajstić information content (AvgIpc) is 2.43. The summed E-state index contributed by atoms with van der Waals surface area (Å²) in [6, 6.07) is 10.9. The predicted octanol–water partition coefficient (Wildman–Crippen LogP) is 5.18. The van der Waals surface area contributed by atoms with Gasteiger partial charge in [-0.3, -0.25) is 0 Å². The van der Waals surface area contributed by atoms with E-state index in [-0.39, 0.29) is 11.9 Å². The van der Waals surface area contributed by atoms with Crippen LogP contribution >= 0.6 is 11.6 Å².